The van der Waals surface area contributed by atoms with Crippen LogP contribution < -0.4 is 0 Å². The minimum Gasteiger partial charge on any atom is -0.355 e. The Balaban J connectivity index is 2.14. The molecule has 0 aliphatic carbocycles. The number of benzene rings is 2. The molecule has 0 unspecified atom stereocenters. The molecular formula is C15H12FN. The number of aromatic nitrogens is 1. The fraction of sp³-hybridized carbons (Fsp3) is 0.0667. The first-order valence-corrected chi connectivity index (χ1v) is 5.58. The number of nitrogens with one attached hydrogen (secondary N) is 1. The number of rotatable bonds is 1. The summed E-state index contributed by atoms with van der Waals surface area (Å²) in [6.07, 6.45) is 0. The largest absolute Gasteiger partial charge is 0.355 e. The minimum atomic E-state index is -0.202. The van der Waals surface area contributed by atoms with E-state index in [0.717, 1.165) is 22.2 Å². The highest BCUT2D eigenvalue weighted by molar-refractivity contribution is 5.85. The molecule has 0 saturated heterocycles. The van der Waals surface area contributed by atoms with Crippen molar-refractivity contribution in [1.29, 1.82) is 0 Å². The quantitative estimate of drug-likeness (QED) is 0.636. The smallest absolute Gasteiger partial charge is 0.123 e. The molecule has 3 aromatic rings. The predicted molar refractivity (Wildman–Crippen MR) is 68.4 cm³/mol. The van der Waals surface area contributed by atoms with E-state index in [1.165, 1.54) is 11.6 Å². The van der Waals surface area contributed by atoms with E-state index in [4.69, 9.17) is 0 Å². The molecule has 0 fully saturated rings. The fourth-order valence-corrected chi connectivity index (χ4v) is 1.99. The predicted octanol–water partition coefficient (Wildman–Crippen LogP) is 4.28. The number of aryl methyl sites for hydroxylation is 1. The highest BCUT2D eigenvalue weighted by Crippen LogP contribution is 2.24. The molecule has 0 saturated carbocycles. The van der Waals surface area contributed by atoms with Gasteiger partial charge >= 0.3 is 0 Å². The molecule has 0 amide bonds. The van der Waals surface area contributed by atoms with E-state index in [0.29, 0.717) is 0 Å². The number of H-pyrrole nitrogens is 1. The van der Waals surface area contributed by atoms with Gasteiger partial charge in [0.15, 0.2) is 0 Å². The topological polar surface area (TPSA) is 15.8 Å². The normalized spacial score (nSPS) is 10.9. The summed E-state index contributed by atoms with van der Waals surface area (Å²) in [5.74, 6) is -0.202. The maximum atomic E-state index is 13.1. The second kappa shape index (κ2) is 3.74. The summed E-state index contributed by atoms with van der Waals surface area (Å²) in [5, 5.41) is 0.903. The van der Waals surface area contributed by atoms with Gasteiger partial charge in [-0.05, 0) is 36.8 Å². The van der Waals surface area contributed by atoms with Crippen molar-refractivity contribution in [2.75, 3.05) is 0 Å². The molecule has 1 heterocycles. The summed E-state index contributed by atoms with van der Waals surface area (Å²) in [6.45, 7) is 2.06. The minimum absolute atomic E-state index is 0.202. The Labute approximate surface area is 98.9 Å². The van der Waals surface area contributed by atoms with Crippen molar-refractivity contribution in [3.8, 4) is 11.3 Å². The van der Waals surface area contributed by atoms with Crippen LogP contribution in [0.5, 0.6) is 0 Å². The number of fused-ring (bicyclic) bond motifs is 1. The van der Waals surface area contributed by atoms with Gasteiger partial charge in [0.1, 0.15) is 5.82 Å². The summed E-state index contributed by atoms with van der Waals surface area (Å²) < 4.78 is 13.1. The van der Waals surface area contributed by atoms with Gasteiger partial charge in [0.25, 0.3) is 0 Å². The van der Waals surface area contributed by atoms with Crippen LogP contribution in [0.1, 0.15) is 5.56 Å². The molecule has 0 bridgehead atoms. The second-order valence-corrected chi connectivity index (χ2v) is 4.28. The van der Waals surface area contributed by atoms with Crippen molar-refractivity contribution >= 4 is 10.9 Å². The van der Waals surface area contributed by atoms with Gasteiger partial charge in [0.05, 0.1) is 0 Å². The molecule has 1 nitrogen and oxygen atoms in total. The van der Waals surface area contributed by atoms with Gasteiger partial charge in [-0.1, -0.05) is 29.8 Å². The van der Waals surface area contributed by atoms with Crippen LogP contribution in [-0.2, 0) is 0 Å². The Morgan fingerprint density at radius 3 is 2.47 bits per heavy atom. The lowest BCUT2D eigenvalue weighted by Crippen LogP contribution is -1.77. The second-order valence-electron chi connectivity index (χ2n) is 4.28. The molecule has 84 valence electrons. The van der Waals surface area contributed by atoms with Crippen molar-refractivity contribution in [2.24, 2.45) is 0 Å². The van der Waals surface area contributed by atoms with E-state index < -0.39 is 0 Å². The average molecular weight is 225 g/mol. The summed E-state index contributed by atoms with van der Waals surface area (Å²) in [5.41, 5.74) is 4.33. The molecule has 2 aromatic carbocycles. The van der Waals surface area contributed by atoms with Gasteiger partial charge in [-0.2, -0.15) is 0 Å². The lowest BCUT2D eigenvalue weighted by atomic mass is 10.1. The Morgan fingerprint density at radius 1 is 0.941 bits per heavy atom. The molecule has 1 N–H and O–H groups in total. The highest BCUT2D eigenvalue weighted by Gasteiger charge is 2.03. The first-order chi connectivity index (χ1) is 8.22. The zero-order chi connectivity index (χ0) is 11.8. The Kier molecular flexibility index (Phi) is 2.22. The van der Waals surface area contributed by atoms with Crippen LogP contribution in [0.2, 0.25) is 0 Å². The monoisotopic (exact) mass is 225 g/mol. The highest BCUT2D eigenvalue weighted by atomic mass is 19.1. The summed E-state index contributed by atoms with van der Waals surface area (Å²) in [7, 11) is 0. The molecule has 17 heavy (non-hydrogen) atoms. The molecular weight excluding hydrogens is 213 g/mol. The van der Waals surface area contributed by atoms with E-state index >= 15 is 0 Å². The third-order valence-electron chi connectivity index (χ3n) is 2.95. The zero-order valence-corrected chi connectivity index (χ0v) is 9.50. The van der Waals surface area contributed by atoms with Crippen molar-refractivity contribution in [3.63, 3.8) is 0 Å². The van der Waals surface area contributed by atoms with E-state index in [2.05, 4.69) is 36.2 Å². The van der Waals surface area contributed by atoms with Crippen molar-refractivity contribution in [1.82, 2.24) is 4.98 Å². The molecule has 0 aliphatic rings. The van der Waals surface area contributed by atoms with Crippen LogP contribution in [0, 0.1) is 12.7 Å². The van der Waals surface area contributed by atoms with E-state index in [1.807, 2.05) is 6.07 Å². The van der Waals surface area contributed by atoms with Crippen LogP contribution in [-0.4, -0.2) is 4.98 Å². The van der Waals surface area contributed by atoms with Gasteiger partial charge in [-0.3, -0.25) is 0 Å². The molecule has 3 rings (SSSR count). The molecule has 0 radical (unpaired) electrons. The van der Waals surface area contributed by atoms with Crippen LogP contribution >= 0.6 is 0 Å². The van der Waals surface area contributed by atoms with Crippen LogP contribution in [0.15, 0.2) is 48.5 Å². The van der Waals surface area contributed by atoms with Crippen molar-refractivity contribution in [3.05, 3.63) is 59.9 Å². The first-order valence-electron chi connectivity index (χ1n) is 5.58. The Hall–Kier alpha value is -2.09. The Morgan fingerprint density at radius 2 is 1.71 bits per heavy atom. The van der Waals surface area contributed by atoms with Crippen LogP contribution in [0.3, 0.4) is 0 Å². The molecule has 0 spiro atoms. The van der Waals surface area contributed by atoms with E-state index in [9.17, 15) is 4.39 Å². The molecule has 1 aromatic heterocycles. The third-order valence-corrected chi connectivity index (χ3v) is 2.95. The van der Waals surface area contributed by atoms with Gasteiger partial charge in [-0.25, -0.2) is 4.39 Å². The number of hydrogen-bond donors (Lipinski definition) is 1. The summed E-state index contributed by atoms with van der Waals surface area (Å²) in [6, 6.07) is 15.0. The Bertz CT molecular complexity index is 665. The zero-order valence-electron chi connectivity index (χ0n) is 9.50. The van der Waals surface area contributed by atoms with E-state index in [1.54, 1.807) is 12.1 Å². The number of aromatic amines is 1. The lowest BCUT2D eigenvalue weighted by molar-refractivity contribution is 0.630. The number of halogens is 1. The van der Waals surface area contributed by atoms with Gasteiger partial charge in [-0.15, -0.1) is 0 Å². The first kappa shape index (κ1) is 10.1. The SMILES string of the molecule is Cc1ccc(-c2cc3cc(F)ccc3[nH]2)cc1. The van der Waals surface area contributed by atoms with Gasteiger partial charge in [0.2, 0.25) is 0 Å². The van der Waals surface area contributed by atoms with E-state index in [-0.39, 0.29) is 5.82 Å². The molecule has 0 atom stereocenters. The average Bonchev–Trinajstić information content (AvgIpc) is 2.72. The standard InChI is InChI=1S/C15H12FN/c1-10-2-4-11(5-3-10)15-9-12-8-13(16)6-7-14(12)17-15/h2-9,17H,1H3. The number of hydrogen-bond acceptors (Lipinski definition) is 0. The molecule has 2 heteroatoms. The van der Waals surface area contributed by atoms with Gasteiger partial charge in [0, 0.05) is 16.6 Å². The lowest BCUT2D eigenvalue weighted by Gasteiger charge is -1.97. The fourth-order valence-electron chi connectivity index (χ4n) is 1.99. The van der Waals surface area contributed by atoms with Crippen LogP contribution in [0.4, 0.5) is 4.39 Å². The third kappa shape index (κ3) is 1.82. The summed E-state index contributed by atoms with van der Waals surface area (Å²) in [4.78, 5) is 3.29. The van der Waals surface area contributed by atoms with Crippen molar-refractivity contribution < 1.29 is 4.39 Å². The van der Waals surface area contributed by atoms with Gasteiger partial charge < -0.3 is 4.98 Å². The maximum Gasteiger partial charge on any atom is 0.123 e. The maximum absolute atomic E-state index is 13.1. The van der Waals surface area contributed by atoms with Crippen LogP contribution in [0.25, 0.3) is 22.2 Å². The van der Waals surface area contributed by atoms with Crippen molar-refractivity contribution in [2.45, 2.75) is 6.92 Å². The molecule has 0 aliphatic heterocycles. The summed E-state index contributed by atoms with van der Waals surface area (Å²) >= 11 is 0.